The van der Waals surface area contributed by atoms with Crippen molar-refractivity contribution in [2.24, 2.45) is 0 Å². The van der Waals surface area contributed by atoms with Crippen molar-refractivity contribution in [3.63, 3.8) is 0 Å². The van der Waals surface area contributed by atoms with Crippen molar-refractivity contribution in [3.8, 4) is 0 Å². The third-order valence-corrected chi connectivity index (χ3v) is 4.88. The highest BCUT2D eigenvalue weighted by atomic mass is 16.6. The van der Waals surface area contributed by atoms with Gasteiger partial charge in [0, 0.05) is 19.6 Å². The van der Waals surface area contributed by atoms with E-state index in [2.05, 4.69) is 54.3 Å². The molecule has 2 aliphatic rings. The molecule has 4 nitrogen and oxygen atoms in total. The lowest BCUT2D eigenvalue weighted by molar-refractivity contribution is 0.177. The zero-order chi connectivity index (χ0) is 16.5. The van der Waals surface area contributed by atoms with Crippen LogP contribution in [0, 0.1) is 6.92 Å². The molecule has 2 heterocycles. The van der Waals surface area contributed by atoms with Gasteiger partial charge in [-0.25, -0.2) is 4.79 Å². The molecule has 0 bridgehead atoms. The van der Waals surface area contributed by atoms with Gasteiger partial charge in [-0.1, -0.05) is 42.5 Å². The standard InChI is InChI=1S/C20H22N2O2/c1-15-7-8-17-13-21(12-16-5-3-2-4-6-16)10-9-18-14-24-20(23)22(18)19(17)11-15/h2-8,11,18H,9-10,12-14H2,1H3. The summed E-state index contributed by atoms with van der Waals surface area (Å²) in [6.07, 6.45) is 0.731. The van der Waals surface area contributed by atoms with Gasteiger partial charge in [0.1, 0.15) is 6.61 Å². The first-order valence-electron chi connectivity index (χ1n) is 8.52. The van der Waals surface area contributed by atoms with Crippen LogP contribution in [0.2, 0.25) is 0 Å². The van der Waals surface area contributed by atoms with Crippen molar-refractivity contribution in [3.05, 3.63) is 65.2 Å². The molecule has 0 radical (unpaired) electrons. The normalized spacial score (nSPS) is 20.8. The summed E-state index contributed by atoms with van der Waals surface area (Å²) in [6, 6.07) is 17.1. The minimum absolute atomic E-state index is 0.136. The van der Waals surface area contributed by atoms with Crippen LogP contribution in [0.4, 0.5) is 10.5 Å². The van der Waals surface area contributed by atoms with Gasteiger partial charge >= 0.3 is 6.09 Å². The number of amides is 1. The number of ether oxygens (including phenoxy) is 1. The summed E-state index contributed by atoms with van der Waals surface area (Å²) in [6.45, 7) is 5.29. The summed E-state index contributed by atoms with van der Waals surface area (Å²) in [7, 11) is 0. The van der Waals surface area contributed by atoms with Gasteiger partial charge in [0.05, 0.1) is 11.7 Å². The highest BCUT2D eigenvalue weighted by Gasteiger charge is 2.36. The summed E-state index contributed by atoms with van der Waals surface area (Å²) in [4.78, 5) is 16.5. The summed E-state index contributed by atoms with van der Waals surface area (Å²) in [5.74, 6) is 0. The Morgan fingerprint density at radius 1 is 1.17 bits per heavy atom. The van der Waals surface area contributed by atoms with Crippen LogP contribution >= 0.6 is 0 Å². The molecule has 0 aromatic heterocycles. The molecule has 2 aromatic carbocycles. The third kappa shape index (κ3) is 2.89. The highest BCUT2D eigenvalue weighted by Crippen LogP contribution is 2.32. The lowest BCUT2D eigenvalue weighted by Crippen LogP contribution is -2.40. The predicted molar refractivity (Wildman–Crippen MR) is 94.0 cm³/mol. The number of hydrogen-bond acceptors (Lipinski definition) is 3. The Morgan fingerprint density at radius 2 is 2.00 bits per heavy atom. The largest absolute Gasteiger partial charge is 0.447 e. The molecule has 4 heteroatoms. The maximum atomic E-state index is 12.2. The van der Waals surface area contributed by atoms with E-state index in [1.807, 2.05) is 11.0 Å². The molecule has 2 aliphatic heterocycles. The molecule has 0 N–H and O–H groups in total. The molecule has 0 spiro atoms. The maximum absolute atomic E-state index is 12.2. The van der Waals surface area contributed by atoms with Crippen LogP contribution in [0.1, 0.15) is 23.1 Å². The van der Waals surface area contributed by atoms with Crippen LogP contribution in [-0.4, -0.2) is 30.2 Å². The quantitative estimate of drug-likeness (QED) is 0.844. The topological polar surface area (TPSA) is 32.8 Å². The van der Waals surface area contributed by atoms with E-state index in [0.29, 0.717) is 6.61 Å². The van der Waals surface area contributed by atoms with E-state index in [0.717, 1.165) is 31.7 Å². The van der Waals surface area contributed by atoms with Crippen LogP contribution in [-0.2, 0) is 17.8 Å². The number of carbonyl (C=O) groups excluding carboxylic acids is 1. The summed E-state index contributed by atoms with van der Waals surface area (Å²) in [5, 5.41) is 0. The van der Waals surface area contributed by atoms with Crippen molar-refractivity contribution in [2.45, 2.75) is 32.5 Å². The first-order valence-corrected chi connectivity index (χ1v) is 8.52. The van der Waals surface area contributed by atoms with Crippen molar-refractivity contribution in [1.82, 2.24) is 4.90 Å². The Bertz CT molecular complexity index is 745. The number of hydrogen-bond donors (Lipinski definition) is 0. The molecule has 1 amide bonds. The SMILES string of the molecule is Cc1ccc2c(c1)N1C(=O)OCC1CCN(Cc1ccccc1)C2. The smallest absolute Gasteiger partial charge is 0.414 e. The van der Waals surface area contributed by atoms with Crippen molar-refractivity contribution < 1.29 is 9.53 Å². The van der Waals surface area contributed by atoms with Crippen LogP contribution in [0.5, 0.6) is 0 Å². The number of nitrogens with zero attached hydrogens (tertiary/aromatic N) is 2. The second-order valence-electron chi connectivity index (χ2n) is 6.72. The lowest BCUT2D eigenvalue weighted by Gasteiger charge is -2.32. The minimum atomic E-state index is -0.205. The Hall–Kier alpha value is -2.33. The maximum Gasteiger partial charge on any atom is 0.414 e. The average molecular weight is 322 g/mol. The van der Waals surface area contributed by atoms with E-state index in [9.17, 15) is 4.79 Å². The fourth-order valence-electron chi connectivity index (χ4n) is 3.63. The summed E-state index contributed by atoms with van der Waals surface area (Å²) >= 11 is 0. The van der Waals surface area contributed by atoms with Gasteiger partial charge in [-0.2, -0.15) is 0 Å². The molecule has 1 unspecified atom stereocenters. The van der Waals surface area contributed by atoms with Crippen LogP contribution in [0.25, 0.3) is 0 Å². The average Bonchev–Trinajstić information content (AvgIpc) is 2.94. The van der Waals surface area contributed by atoms with Gasteiger partial charge in [0.25, 0.3) is 0 Å². The Kier molecular flexibility index (Phi) is 3.98. The summed E-state index contributed by atoms with van der Waals surface area (Å²) in [5.41, 5.74) is 4.70. The fraction of sp³-hybridized carbons (Fsp3) is 0.350. The molecule has 2 aromatic rings. The van der Waals surface area contributed by atoms with E-state index in [-0.39, 0.29) is 12.1 Å². The van der Waals surface area contributed by atoms with E-state index in [1.165, 1.54) is 16.7 Å². The number of aryl methyl sites for hydroxylation is 1. The number of benzene rings is 2. The van der Waals surface area contributed by atoms with E-state index in [4.69, 9.17) is 4.74 Å². The number of anilines is 1. The fourth-order valence-corrected chi connectivity index (χ4v) is 3.63. The van der Waals surface area contributed by atoms with Gasteiger partial charge in [-0.15, -0.1) is 0 Å². The van der Waals surface area contributed by atoms with Gasteiger partial charge in [0.2, 0.25) is 0 Å². The Morgan fingerprint density at radius 3 is 2.83 bits per heavy atom. The number of rotatable bonds is 2. The van der Waals surface area contributed by atoms with Crippen molar-refractivity contribution in [1.29, 1.82) is 0 Å². The molecular weight excluding hydrogens is 300 g/mol. The monoisotopic (exact) mass is 322 g/mol. The van der Waals surface area contributed by atoms with Gasteiger partial charge < -0.3 is 4.74 Å². The second-order valence-corrected chi connectivity index (χ2v) is 6.72. The van der Waals surface area contributed by atoms with E-state index in [1.54, 1.807) is 0 Å². The zero-order valence-corrected chi connectivity index (χ0v) is 13.9. The van der Waals surface area contributed by atoms with Gasteiger partial charge in [0.15, 0.2) is 0 Å². The summed E-state index contributed by atoms with van der Waals surface area (Å²) < 4.78 is 5.33. The van der Waals surface area contributed by atoms with Crippen LogP contribution < -0.4 is 4.90 Å². The molecule has 0 aliphatic carbocycles. The lowest BCUT2D eigenvalue weighted by atomic mass is 10.0. The molecule has 24 heavy (non-hydrogen) atoms. The van der Waals surface area contributed by atoms with Crippen LogP contribution in [0.15, 0.2) is 48.5 Å². The first-order chi connectivity index (χ1) is 11.7. The minimum Gasteiger partial charge on any atom is -0.447 e. The number of carbonyl (C=O) groups is 1. The molecule has 0 saturated carbocycles. The Balaban J connectivity index is 1.66. The molecular formula is C20H22N2O2. The number of fused-ring (bicyclic) bond motifs is 3. The molecule has 124 valence electrons. The van der Waals surface area contributed by atoms with E-state index < -0.39 is 0 Å². The number of cyclic esters (lactones) is 1. The molecule has 1 atom stereocenters. The van der Waals surface area contributed by atoms with Crippen molar-refractivity contribution >= 4 is 11.8 Å². The van der Waals surface area contributed by atoms with Gasteiger partial charge in [-0.05, 0) is 36.1 Å². The Labute approximate surface area is 142 Å². The molecule has 1 saturated heterocycles. The van der Waals surface area contributed by atoms with Crippen molar-refractivity contribution in [2.75, 3.05) is 18.1 Å². The van der Waals surface area contributed by atoms with E-state index >= 15 is 0 Å². The van der Waals surface area contributed by atoms with Gasteiger partial charge in [-0.3, -0.25) is 9.80 Å². The molecule has 4 rings (SSSR count). The zero-order valence-electron chi connectivity index (χ0n) is 13.9. The first kappa shape index (κ1) is 15.2. The third-order valence-electron chi connectivity index (χ3n) is 4.88. The van der Waals surface area contributed by atoms with Crippen LogP contribution in [0.3, 0.4) is 0 Å². The highest BCUT2D eigenvalue weighted by molar-refractivity contribution is 5.91. The second kappa shape index (κ2) is 6.29. The molecule has 1 fully saturated rings. The predicted octanol–water partition coefficient (Wildman–Crippen LogP) is 3.73.